The second-order valence-corrected chi connectivity index (χ2v) is 6.09. The number of halogens is 2. The van der Waals surface area contributed by atoms with E-state index in [-0.39, 0.29) is 21.2 Å². The molecule has 0 spiro atoms. The first kappa shape index (κ1) is 15.3. The van der Waals surface area contributed by atoms with Gasteiger partial charge in [-0.25, -0.2) is 17.6 Å². The molecule has 2 N–H and O–H groups in total. The van der Waals surface area contributed by atoms with E-state index < -0.39 is 21.8 Å². The maximum Gasteiger partial charge on any atom is 0.337 e. The van der Waals surface area contributed by atoms with Crippen LogP contribution in [0.2, 0.25) is 5.02 Å². The Morgan fingerprint density at radius 2 is 1.86 bits per heavy atom. The van der Waals surface area contributed by atoms with E-state index in [1.54, 1.807) is 6.07 Å². The first-order valence-electron chi connectivity index (χ1n) is 5.61. The van der Waals surface area contributed by atoms with Crippen LogP contribution in [0.25, 0.3) is 0 Å². The van der Waals surface area contributed by atoms with Gasteiger partial charge in [0.25, 0.3) is 10.0 Å². The maximum atomic E-state index is 13.2. The van der Waals surface area contributed by atoms with Gasteiger partial charge in [0.05, 0.1) is 16.3 Å². The minimum atomic E-state index is -4.13. The summed E-state index contributed by atoms with van der Waals surface area (Å²) in [6, 6.07) is 8.33. The van der Waals surface area contributed by atoms with Gasteiger partial charge in [-0.15, -0.1) is 0 Å². The number of benzene rings is 2. The van der Waals surface area contributed by atoms with Crippen molar-refractivity contribution in [3.8, 4) is 0 Å². The van der Waals surface area contributed by atoms with E-state index in [2.05, 4.69) is 0 Å². The fourth-order valence-electron chi connectivity index (χ4n) is 1.65. The van der Waals surface area contributed by atoms with E-state index in [4.69, 9.17) is 16.7 Å². The van der Waals surface area contributed by atoms with Crippen molar-refractivity contribution in [3.05, 3.63) is 58.9 Å². The largest absolute Gasteiger partial charge is 0.478 e. The van der Waals surface area contributed by atoms with Crippen molar-refractivity contribution in [1.29, 1.82) is 0 Å². The summed E-state index contributed by atoms with van der Waals surface area (Å²) in [5.74, 6) is -2.15. The molecule has 0 saturated heterocycles. The number of nitrogens with one attached hydrogen (secondary N) is 1. The van der Waals surface area contributed by atoms with Gasteiger partial charge in [0.1, 0.15) is 10.7 Å². The van der Waals surface area contributed by atoms with E-state index in [0.717, 1.165) is 18.2 Å². The van der Waals surface area contributed by atoms with Crippen molar-refractivity contribution in [2.75, 3.05) is 4.72 Å². The third-order valence-corrected chi connectivity index (χ3v) is 4.45. The van der Waals surface area contributed by atoms with Crippen LogP contribution in [0.1, 0.15) is 10.4 Å². The Hall–Kier alpha value is -2.12. The van der Waals surface area contributed by atoms with Crippen molar-refractivity contribution in [3.63, 3.8) is 0 Å². The van der Waals surface area contributed by atoms with Crippen molar-refractivity contribution in [1.82, 2.24) is 0 Å². The average molecular weight is 330 g/mol. The van der Waals surface area contributed by atoms with Crippen LogP contribution in [0, 0.1) is 5.82 Å². The Kier molecular flexibility index (Phi) is 4.15. The molecule has 0 fully saturated rings. The molecule has 5 nitrogen and oxygen atoms in total. The molecule has 2 aromatic carbocycles. The van der Waals surface area contributed by atoms with Gasteiger partial charge in [0, 0.05) is 0 Å². The lowest BCUT2D eigenvalue weighted by atomic mass is 10.2. The van der Waals surface area contributed by atoms with Crippen LogP contribution in [0.15, 0.2) is 47.4 Å². The number of anilines is 1. The van der Waals surface area contributed by atoms with Gasteiger partial charge in [0.15, 0.2) is 0 Å². The molecule has 0 saturated carbocycles. The van der Waals surface area contributed by atoms with Gasteiger partial charge >= 0.3 is 5.97 Å². The molecule has 0 amide bonds. The molecular formula is C13H9ClFNO4S. The molecule has 0 aliphatic carbocycles. The topological polar surface area (TPSA) is 83.5 Å². The molecule has 0 aromatic heterocycles. The summed E-state index contributed by atoms with van der Waals surface area (Å²) in [4.78, 5) is 10.8. The average Bonchev–Trinajstić information content (AvgIpc) is 2.38. The van der Waals surface area contributed by atoms with Gasteiger partial charge < -0.3 is 5.11 Å². The van der Waals surface area contributed by atoms with Crippen LogP contribution in [0.4, 0.5) is 10.1 Å². The van der Waals surface area contributed by atoms with Gasteiger partial charge in [-0.1, -0.05) is 23.7 Å². The van der Waals surface area contributed by atoms with Crippen LogP contribution in [0.5, 0.6) is 0 Å². The molecule has 110 valence electrons. The minimum Gasteiger partial charge on any atom is -0.478 e. The second kappa shape index (κ2) is 5.71. The van der Waals surface area contributed by atoms with Crippen LogP contribution in [-0.4, -0.2) is 19.5 Å². The van der Waals surface area contributed by atoms with Crippen LogP contribution in [0.3, 0.4) is 0 Å². The van der Waals surface area contributed by atoms with Gasteiger partial charge in [-0.05, 0) is 30.3 Å². The Bertz CT molecular complexity index is 808. The van der Waals surface area contributed by atoms with Gasteiger partial charge in [-0.3, -0.25) is 4.72 Å². The molecule has 0 radical (unpaired) electrons. The zero-order valence-electron chi connectivity index (χ0n) is 10.4. The van der Waals surface area contributed by atoms with Crippen LogP contribution in [-0.2, 0) is 10.0 Å². The third kappa shape index (κ3) is 3.32. The monoisotopic (exact) mass is 329 g/mol. The Balaban J connectivity index is 2.49. The normalized spacial score (nSPS) is 11.1. The molecule has 2 aromatic rings. The summed E-state index contributed by atoms with van der Waals surface area (Å²) < 4.78 is 39.6. The molecule has 8 heteroatoms. The maximum absolute atomic E-state index is 13.2. The minimum absolute atomic E-state index is 0.0294. The SMILES string of the molecule is O=C(O)c1ccc(F)cc1NS(=O)(=O)c1ccccc1Cl. The molecule has 0 bridgehead atoms. The number of hydrogen-bond acceptors (Lipinski definition) is 3. The number of aromatic carboxylic acids is 1. The lowest BCUT2D eigenvalue weighted by molar-refractivity contribution is 0.0698. The lowest BCUT2D eigenvalue weighted by Gasteiger charge is -2.11. The summed E-state index contributed by atoms with van der Waals surface area (Å²) in [5.41, 5.74) is -0.741. The predicted octanol–water partition coefficient (Wildman–Crippen LogP) is 2.98. The molecule has 0 aliphatic rings. The fourth-order valence-corrected chi connectivity index (χ4v) is 3.24. The van der Waals surface area contributed by atoms with E-state index in [9.17, 15) is 17.6 Å². The highest BCUT2D eigenvalue weighted by molar-refractivity contribution is 7.92. The highest BCUT2D eigenvalue weighted by atomic mass is 35.5. The summed E-state index contributed by atoms with van der Waals surface area (Å²) >= 11 is 5.80. The summed E-state index contributed by atoms with van der Waals surface area (Å²) in [6.07, 6.45) is 0. The third-order valence-electron chi connectivity index (χ3n) is 2.58. The standard InChI is InChI=1S/C13H9ClFNO4S/c14-10-3-1-2-4-12(10)21(19,20)16-11-7-8(15)5-6-9(11)13(17)18/h1-7,16H,(H,17,18). The molecule has 21 heavy (non-hydrogen) atoms. The van der Waals surface area contributed by atoms with Crippen molar-refractivity contribution >= 4 is 33.3 Å². The van der Waals surface area contributed by atoms with E-state index in [0.29, 0.717) is 0 Å². The number of carbonyl (C=O) groups is 1. The number of rotatable bonds is 4. The van der Waals surface area contributed by atoms with Gasteiger partial charge in [-0.2, -0.15) is 0 Å². The van der Waals surface area contributed by atoms with Crippen molar-refractivity contribution in [2.45, 2.75) is 4.90 Å². The van der Waals surface area contributed by atoms with Gasteiger partial charge in [0.2, 0.25) is 0 Å². The molecule has 2 rings (SSSR count). The highest BCUT2D eigenvalue weighted by Crippen LogP contribution is 2.25. The van der Waals surface area contributed by atoms with Crippen molar-refractivity contribution < 1.29 is 22.7 Å². The Labute approximate surface area is 125 Å². The van der Waals surface area contributed by atoms with E-state index in [1.165, 1.54) is 18.2 Å². The highest BCUT2D eigenvalue weighted by Gasteiger charge is 2.21. The number of sulfonamides is 1. The zero-order chi connectivity index (χ0) is 15.6. The van der Waals surface area contributed by atoms with Crippen LogP contribution < -0.4 is 4.72 Å². The number of carboxylic acid groups (broad SMARTS) is 1. The zero-order valence-corrected chi connectivity index (χ0v) is 12.0. The smallest absolute Gasteiger partial charge is 0.337 e. The predicted molar refractivity (Wildman–Crippen MR) is 75.6 cm³/mol. The number of carboxylic acids is 1. The van der Waals surface area contributed by atoms with E-state index >= 15 is 0 Å². The molecule has 0 atom stereocenters. The first-order chi connectivity index (χ1) is 9.81. The first-order valence-corrected chi connectivity index (χ1v) is 7.47. The summed E-state index contributed by atoms with van der Waals surface area (Å²) in [6.45, 7) is 0. The second-order valence-electron chi connectivity index (χ2n) is 4.03. The summed E-state index contributed by atoms with van der Waals surface area (Å²) in [5, 5.41) is 8.97. The molecule has 0 heterocycles. The number of hydrogen-bond donors (Lipinski definition) is 2. The Morgan fingerprint density at radius 1 is 1.19 bits per heavy atom. The molecular weight excluding hydrogens is 321 g/mol. The van der Waals surface area contributed by atoms with Crippen molar-refractivity contribution in [2.24, 2.45) is 0 Å². The fraction of sp³-hybridized carbons (Fsp3) is 0. The lowest BCUT2D eigenvalue weighted by Crippen LogP contribution is -2.16. The Morgan fingerprint density at radius 3 is 2.48 bits per heavy atom. The summed E-state index contributed by atoms with van der Waals surface area (Å²) in [7, 11) is -4.13. The molecule has 0 aliphatic heterocycles. The molecule has 0 unspecified atom stereocenters. The quantitative estimate of drug-likeness (QED) is 0.903. The van der Waals surface area contributed by atoms with Crippen LogP contribution >= 0.6 is 11.6 Å². The van der Waals surface area contributed by atoms with E-state index in [1.807, 2.05) is 4.72 Å².